The van der Waals surface area contributed by atoms with E-state index in [1.807, 2.05) is 4.68 Å². The fraction of sp³-hybridized carbons (Fsp3) is 0.733. The molecule has 1 aromatic rings. The summed E-state index contributed by atoms with van der Waals surface area (Å²) < 4.78 is 2.98. The third-order valence-corrected chi connectivity index (χ3v) is 5.21. The summed E-state index contributed by atoms with van der Waals surface area (Å²) in [5.74, 6) is 0.322. The first-order valence-corrected chi connectivity index (χ1v) is 8.29. The van der Waals surface area contributed by atoms with Crippen molar-refractivity contribution in [2.45, 2.75) is 53.0 Å². The number of nitrogens with one attached hydrogen (secondary N) is 1. The van der Waals surface area contributed by atoms with Crippen LogP contribution in [0, 0.1) is 5.41 Å². The molecule has 4 nitrogen and oxygen atoms in total. The third kappa shape index (κ3) is 2.98. The lowest BCUT2D eigenvalue weighted by molar-refractivity contribution is -0.128. The van der Waals surface area contributed by atoms with E-state index in [2.05, 4.69) is 47.1 Å². The maximum absolute atomic E-state index is 12.7. The summed E-state index contributed by atoms with van der Waals surface area (Å²) in [7, 11) is 0. The summed E-state index contributed by atoms with van der Waals surface area (Å²) in [6, 6.07) is 0. The molecule has 1 aliphatic rings. The molecular weight excluding hydrogens is 318 g/mol. The molecule has 112 valence electrons. The Bertz CT molecular complexity index is 490. The second-order valence-corrected chi connectivity index (χ2v) is 6.61. The fourth-order valence-electron chi connectivity index (χ4n) is 2.85. The Morgan fingerprint density at radius 1 is 1.50 bits per heavy atom. The summed E-state index contributed by atoms with van der Waals surface area (Å²) in [6.07, 6.45) is 3.42. The number of aryl methyl sites for hydroxylation is 2. The standard InChI is InChI=1S/C15H24BrN3O/c1-4-11-14(16)12(19(5-2)18-11)9-13(20)15(3)7-6-8-17-10-15/h17H,4-10H2,1-3H3. The SMILES string of the molecule is CCc1nn(CC)c(CC(=O)C2(C)CCCNC2)c1Br. The van der Waals surface area contributed by atoms with Crippen molar-refractivity contribution in [3.8, 4) is 0 Å². The van der Waals surface area contributed by atoms with Crippen LogP contribution in [0.1, 0.15) is 45.0 Å². The van der Waals surface area contributed by atoms with E-state index >= 15 is 0 Å². The van der Waals surface area contributed by atoms with Gasteiger partial charge in [0.1, 0.15) is 5.78 Å². The minimum absolute atomic E-state index is 0.229. The Kier molecular flexibility index (Phi) is 5.02. The van der Waals surface area contributed by atoms with E-state index in [9.17, 15) is 4.79 Å². The lowest BCUT2D eigenvalue weighted by Crippen LogP contribution is -2.44. The van der Waals surface area contributed by atoms with Gasteiger partial charge in [0, 0.05) is 18.5 Å². The summed E-state index contributed by atoms with van der Waals surface area (Å²) in [4.78, 5) is 12.7. The molecule has 20 heavy (non-hydrogen) atoms. The second kappa shape index (κ2) is 6.39. The zero-order valence-corrected chi connectivity index (χ0v) is 14.2. The molecule has 0 saturated carbocycles. The van der Waals surface area contributed by atoms with Crippen molar-refractivity contribution in [2.24, 2.45) is 5.41 Å². The van der Waals surface area contributed by atoms with Gasteiger partial charge >= 0.3 is 0 Å². The molecule has 0 amide bonds. The summed E-state index contributed by atoms with van der Waals surface area (Å²) in [6.45, 7) is 8.87. The zero-order chi connectivity index (χ0) is 14.8. The number of nitrogens with zero attached hydrogens (tertiary/aromatic N) is 2. The van der Waals surface area contributed by atoms with E-state index in [1.54, 1.807) is 0 Å². The zero-order valence-electron chi connectivity index (χ0n) is 12.6. The molecule has 1 saturated heterocycles. The summed E-state index contributed by atoms with van der Waals surface area (Å²) in [5.41, 5.74) is 1.84. The van der Waals surface area contributed by atoms with Crippen LogP contribution in [0.25, 0.3) is 0 Å². The van der Waals surface area contributed by atoms with Gasteiger partial charge in [-0.3, -0.25) is 9.48 Å². The molecule has 5 heteroatoms. The van der Waals surface area contributed by atoms with Gasteiger partial charge in [0.2, 0.25) is 0 Å². The Hall–Kier alpha value is -0.680. The van der Waals surface area contributed by atoms with Gasteiger partial charge in [-0.2, -0.15) is 5.10 Å². The van der Waals surface area contributed by atoms with Crippen LogP contribution in [0.5, 0.6) is 0 Å². The third-order valence-electron chi connectivity index (χ3n) is 4.29. The predicted octanol–water partition coefficient (Wildman–Crippen LogP) is 2.73. The maximum atomic E-state index is 12.7. The van der Waals surface area contributed by atoms with Crippen molar-refractivity contribution < 1.29 is 4.79 Å². The van der Waals surface area contributed by atoms with Gasteiger partial charge in [-0.25, -0.2) is 0 Å². The van der Waals surface area contributed by atoms with Gasteiger partial charge in [-0.15, -0.1) is 0 Å². The van der Waals surface area contributed by atoms with Crippen LogP contribution in [-0.4, -0.2) is 28.7 Å². The van der Waals surface area contributed by atoms with E-state index in [-0.39, 0.29) is 5.41 Å². The predicted molar refractivity (Wildman–Crippen MR) is 83.9 cm³/mol. The number of rotatable bonds is 5. The van der Waals surface area contributed by atoms with Crippen LogP contribution in [-0.2, 0) is 24.2 Å². The molecule has 0 radical (unpaired) electrons. The topological polar surface area (TPSA) is 46.9 Å². The van der Waals surface area contributed by atoms with Crippen LogP contribution in [0.15, 0.2) is 4.47 Å². The molecule has 1 aromatic heterocycles. The van der Waals surface area contributed by atoms with Crippen molar-refractivity contribution in [2.75, 3.05) is 13.1 Å². The van der Waals surface area contributed by atoms with E-state index in [4.69, 9.17) is 0 Å². The van der Waals surface area contributed by atoms with Crippen molar-refractivity contribution in [3.63, 3.8) is 0 Å². The molecule has 2 rings (SSSR count). The smallest absolute Gasteiger partial charge is 0.145 e. The van der Waals surface area contributed by atoms with Gasteiger partial charge < -0.3 is 5.32 Å². The van der Waals surface area contributed by atoms with Crippen molar-refractivity contribution >= 4 is 21.7 Å². The number of piperidine rings is 1. The monoisotopic (exact) mass is 341 g/mol. The van der Waals surface area contributed by atoms with Crippen LogP contribution < -0.4 is 5.32 Å². The molecule has 1 aliphatic heterocycles. The number of ketones is 1. The molecule has 0 spiro atoms. The lowest BCUT2D eigenvalue weighted by Gasteiger charge is -2.32. The summed E-state index contributed by atoms with van der Waals surface area (Å²) >= 11 is 3.62. The maximum Gasteiger partial charge on any atom is 0.145 e. The average molecular weight is 342 g/mol. The van der Waals surface area contributed by atoms with Gasteiger partial charge in [-0.1, -0.05) is 13.8 Å². The molecule has 2 heterocycles. The van der Waals surface area contributed by atoms with E-state index in [0.717, 1.165) is 54.8 Å². The van der Waals surface area contributed by atoms with Gasteiger partial charge in [-0.05, 0) is 48.7 Å². The molecular formula is C15H24BrN3O. The molecule has 0 aliphatic carbocycles. The lowest BCUT2D eigenvalue weighted by atomic mass is 9.77. The molecule has 0 aromatic carbocycles. The van der Waals surface area contributed by atoms with Crippen LogP contribution in [0.2, 0.25) is 0 Å². The average Bonchev–Trinajstić information content (AvgIpc) is 2.76. The minimum atomic E-state index is -0.229. The van der Waals surface area contributed by atoms with E-state index < -0.39 is 0 Å². The number of carbonyl (C=O) groups is 1. The number of halogens is 1. The molecule has 1 unspecified atom stereocenters. The first-order chi connectivity index (χ1) is 9.51. The Labute approximate surface area is 129 Å². The van der Waals surface area contributed by atoms with Crippen molar-refractivity contribution in [3.05, 3.63) is 15.9 Å². The Morgan fingerprint density at radius 2 is 2.25 bits per heavy atom. The van der Waals surface area contributed by atoms with Gasteiger partial charge in [0.05, 0.1) is 22.3 Å². The van der Waals surface area contributed by atoms with Gasteiger partial charge in [0.15, 0.2) is 0 Å². The van der Waals surface area contributed by atoms with E-state index in [0.29, 0.717) is 12.2 Å². The number of Topliss-reactive ketones (excluding diaryl/α,β-unsaturated/α-hetero) is 1. The number of aromatic nitrogens is 2. The first-order valence-electron chi connectivity index (χ1n) is 7.50. The number of hydrogen-bond acceptors (Lipinski definition) is 3. The van der Waals surface area contributed by atoms with Crippen LogP contribution in [0.4, 0.5) is 0 Å². The highest BCUT2D eigenvalue weighted by atomic mass is 79.9. The quantitative estimate of drug-likeness (QED) is 0.895. The molecule has 1 atom stereocenters. The largest absolute Gasteiger partial charge is 0.316 e. The molecule has 1 fully saturated rings. The number of carbonyl (C=O) groups excluding carboxylic acids is 1. The van der Waals surface area contributed by atoms with Gasteiger partial charge in [0.25, 0.3) is 0 Å². The Morgan fingerprint density at radius 3 is 2.80 bits per heavy atom. The summed E-state index contributed by atoms with van der Waals surface area (Å²) in [5, 5.41) is 7.92. The van der Waals surface area contributed by atoms with E-state index in [1.165, 1.54) is 0 Å². The van der Waals surface area contributed by atoms with Crippen LogP contribution >= 0.6 is 15.9 Å². The van der Waals surface area contributed by atoms with Crippen molar-refractivity contribution in [1.82, 2.24) is 15.1 Å². The highest BCUT2D eigenvalue weighted by Gasteiger charge is 2.35. The highest BCUT2D eigenvalue weighted by Crippen LogP contribution is 2.30. The molecule has 1 N–H and O–H groups in total. The Balaban J connectivity index is 2.20. The minimum Gasteiger partial charge on any atom is -0.316 e. The first kappa shape index (κ1) is 15.7. The second-order valence-electron chi connectivity index (χ2n) is 5.82. The van der Waals surface area contributed by atoms with Crippen LogP contribution in [0.3, 0.4) is 0 Å². The normalized spacial score (nSPS) is 23.0. The van der Waals surface area contributed by atoms with Crippen molar-refractivity contribution in [1.29, 1.82) is 0 Å². The number of hydrogen-bond donors (Lipinski definition) is 1. The fourth-order valence-corrected chi connectivity index (χ4v) is 3.55. The molecule has 0 bridgehead atoms. The highest BCUT2D eigenvalue weighted by molar-refractivity contribution is 9.10.